The Hall–Kier alpha value is -1.34. The zero-order valence-corrected chi connectivity index (χ0v) is 9.74. The summed E-state index contributed by atoms with van der Waals surface area (Å²) in [4.78, 5) is 2.42. The number of likely N-dealkylation sites (N-methyl/N-ethyl adjacent to an activating group) is 1. The van der Waals surface area contributed by atoms with Gasteiger partial charge in [0.1, 0.15) is 0 Å². The lowest BCUT2D eigenvalue weighted by Gasteiger charge is -2.23. The minimum Gasteiger partial charge on any atom is -0.302 e. The van der Waals surface area contributed by atoms with Crippen LogP contribution in [-0.4, -0.2) is 25.0 Å². The van der Waals surface area contributed by atoms with Crippen LogP contribution in [-0.2, 0) is 0 Å². The molecule has 1 aliphatic heterocycles. The first-order valence-corrected chi connectivity index (χ1v) is 5.98. The average Bonchev–Trinajstić information content (AvgIpc) is 2.73. The van der Waals surface area contributed by atoms with E-state index in [4.69, 9.17) is 0 Å². The Morgan fingerprint density at radius 2 is 1.94 bits per heavy atom. The van der Waals surface area contributed by atoms with E-state index in [-0.39, 0.29) is 0 Å². The van der Waals surface area contributed by atoms with Crippen LogP contribution in [0, 0.1) is 0 Å². The molecular formula is C15H17N. The summed E-state index contributed by atoms with van der Waals surface area (Å²) in [7, 11) is 2.21. The lowest BCUT2D eigenvalue weighted by Crippen LogP contribution is -2.26. The maximum absolute atomic E-state index is 2.42. The summed E-state index contributed by atoms with van der Waals surface area (Å²) in [6.45, 7) is 2.36. The molecule has 2 aliphatic rings. The van der Waals surface area contributed by atoms with E-state index in [2.05, 4.69) is 48.4 Å². The van der Waals surface area contributed by atoms with Crippen molar-refractivity contribution in [1.29, 1.82) is 0 Å². The molecule has 0 saturated carbocycles. The maximum atomic E-state index is 2.42. The molecule has 1 heteroatoms. The Kier molecular flexibility index (Phi) is 2.41. The van der Waals surface area contributed by atoms with Crippen LogP contribution in [0.3, 0.4) is 0 Å². The molecule has 0 saturated heterocycles. The lowest BCUT2D eigenvalue weighted by molar-refractivity contribution is 0.349. The summed E-state index contributed by atoms with van der Waals surface area (Å²) in [5, 5.41) is 0. The summed E-state index contributed by atoms with van der Waals surface area (Å²) in [6, 6.07) is 10.8. The predicted molar refractivity (Wildman–Crippen MR) is 68.2 cm³/mol. The Morgan fingerprint density at radius 1 is 1.12 bits per heavy atom. The number of hydrogen-bond donors (Lipinski definition) is 0. The van der Waals surface area contributed by atoms with Gasteiger partial charge in [0.15, 0.2) is 0 Å². The van der Waals surface area contributed by atoms with E-state index >= 15 is 0 Å². The molecule has 0 radical (unpaired) electrons. The van der Waals surface area contributed by atoms with Crippen LogP contribution < -0.4 is 0 Å². The molecule has 1 aromatic carbocycles. The topological polar surface area (TPSA) is 3.24 Å². The summed E-state index contributed by atoms with van der Waals surface area (Å²) in [5.74, 6) is 0. The molecule has 3 rings (SSSR count). The molecule has 0 fully saturated rings. The molecule has 82 valence electrons. The number of hydrogen-bond acceptors (Lipinski definition) is 1. The van der Waals surface area contributed by atoms with Crippen LogP contribution in [0.25, 0.3) is 5.57 Å². The molecule has 0 bridgehead atoms. The maximum Gasteiger partial charge on any atom is 0.0199 e. The normalized spacial score (nSPS) is 20.9. The smallest absolute Gasteiger partial charge is 0.0199 e. The third-order valence-electron chi connectivity index (χ3n) is 3.57. The number of rotatable bonds is 1. The quantitative estimate of drug-likeness (QED) is 0.690. The van der Waals surface area contributed by atoms with Gasteiger partial charge in [-0.15, -0.1) is 0 Å². The zero-order valence-electron chi connectivity index (χ0n) is 9.74. The molecular weight excluding hydrogens is 194 g/mol. The second-order valence-corrected chi connectivity index (χ2v) is 4.83. The van der Waals surface area contributed by atoms with Crippen LogP contribution in [0.5, 0.6) is 0 Å². The van der Waals surface area contributed by atoms with Crippen molar-refractivity contribution >= 4 is 5.57 Å². The zero-order chi connectivity index (χ0) is 11.0. The summed E-state index contributed by atoms with van der Waals surface area (Å²) < 4.78 is 0. The molecule has 1 nitrogen and oxygen atoms in total. The second kappa shape index (κ2) is 3.91. The molecule has 1 heterocycles. The van der Waals surface area contributed by atoms with Gasteiger partial charge in [-0.05, 0) is 42.2 Å². The fourth-order valence-electron chi connectivity index (χ4n) is 2.67. The Morgan fingerprint density at radius 3 is 2.75 bits per heavy atom. The van der Waals surface area contributed by atoms with Gasteiger partial charge in [-0.3, -0.25) is 0 Å². The second-order valence-electron chi connectivity index (χ2n) is 4.83. The molecule has 1 aliphatic carbocycles. The molecule has 1 aromatic rings. The minimum atomic E-state index is 1.15. The van der Waals surface area contributed by atoms with Gasteiger partial charge < -0.3 is 4.90 Å². The highest BCUT2D eigenvalue weighted by Crippen LogP contribution is 2.35. The van der Waals surface area contributed by atoms with E-state index in [0.717, 1.165) is 13.0 Å². The summed E-state index contributed by atoms with van der Waals surface area (Å²) >= 11 is 0. The summed E-state index contributed by atoms with van der Waals surface area (Å²) in [5.41, 5.74) is 6.12. The first-order chi connectivity index (χ1) is 7.83. The fourth-order valence-corrected chi connectivity index (χ4v) is 2.67. The molecule has 0 atom stereocenters. The molecule has 0 N–H and O–H groups in total. The lowest BCUT2D eigenvalue weighted by atomic mass is 10.0. The molecule has 0 aromatic heterocycles. The molecule has 0 spiro atoms. The number of benzene rings is 1. The number of allylic oxidation sites excluding steroid dienone is 2. The van der Waals surface area contributed by atoms with Crippen molar-refractivity contribution in [3.63, 3.8) is 0 Å². The first kappa shape index (κ1) is 9.86. The van der Waals surface area contributed by atoms with Gasteiger partial charge in [-0.1, -0.05) is 36.4 Å². The van der Waals surface area contributed by atoms with Crippen LogP contribution >= 0.6 is 0 Å². The largest absolute Gasteiger partial charge is 0.302 e. The van der Waals surface area contributed by atoms with Crippen molar-refractivity contribution < 1.29 is 0 Å². The standard InChI is InChI=1S/C15H17N/c1-16-8-7-13-9-14(10-15(13)11-16)12-5-3-2-4-6-12/h2-6,9H,7-8,10-11H2,1H3. The average molecular weight is 211 g/mol. The summed E-state index contributed by atoms with van der Waals surface area (Å²) in [6.07, 6.45) is 4.80. The van der Waals surface area contributed by atoms with Crippen molar-refractivity contribution in [1.82, 2.24) is 4.90 Å². The molecule has 0 amide bonds. The van der Waals surface area contributed by atoms with Gasteiger partial charge in [-0.25, -0.2) is 0 Å². The van der Waals surface area contributed by atoms with E-state index in [0.29, 0.717) is 0 Å². The first-order valence-electron chi connectivity index (χ1n) is 5.98. The molecule has 0 unspecified atom stereocenters. The van der Waals surface area contributed by atoms with Gasteiger partial charge in [-0.2, -0.15) is 0 Å². The predicted octanol–water partition coefficient (Wildman–Crippen LogP) is 3.11. The van der Waals surface area contributed by atoms with Crippen LogP contribution in [0.2, 0.25) is 0 Å². The van der Waals surface area contributed by atoms with Gasteiger partial charge in [0.2, 0.25) is 0 Å². The monoisotopic (exact) mass is 211 g/mol. The van der Waals surface area contributed by atoms with E-state index in [1.54, 1.807) is 11.1 Å². The van der Waals surface area contributed by atoms with Crippen LogP contribution in [0.1, 0.15) is 18.4 Å². The van der Waals surface area contributed by atoms with Crippen LogP contribution in [0.4, 0.5) is 0 Å². The Balaban J connectivity index is 1.85. The van der Waals surface area contributed by atoms with Crippen molar-refractivity contribution in [2.45, 2.75) is 12.8 Å². The Bertz CT molecular complexity index is 454. The highest BCUT2D eigenvalue weighted by Gasteiger charge is 2.21. The Labute approximate surface area is 97.1 Å². The van der Waals surface area contributed by atoms with E-state index in [9.17, 15) is 0 Å². The fraction of sp³-hybridized carbons (Fsp3) is 0.333. The van der Waals surface area contributed by atoms with Crippen molar-refractivity contribution in [2.24, 2.45) is 0 Å². The van der Waals surface area contributed by atoms with E-state index < -0.39 is 0 Å². The van der Waals surface area contributed by atoms with Gasteiger partial charge in [0.25, 0.3) is 0 Å². The van der Waals surface area contributed by atoms with E-state index in [1.165, 1.54) is 24.1 Å². The minimum absolute atomic E-state index is 1.15. The highest BCUT2D eigenvalue weighted by atomic mass is 15.1. The molecule has 16 heavy (non-hydrogen) atoms. The van der Waals surface area contributed by atoms with Crippen LogP contribution in [0.15, 0.2) is 47.6 Å². The number of nitrogens with zero attached hydrogens (tertiary/aromatic N) is 1. The van der Waals surface area contributed by atoms with E-state index in [1.807, 2.05) is 0 Å². The highest BCUT2D eigenvalue weighted by molar-refractivity contribution is 5.74. The third-order valence-corrected chi connectivity index (χ3v) is 3.57. The third kappa shape index (κ3) is 1.72. The van der Waals surface area contributed by atoms with Crippen molar-refractivity contribution in [2.75, 3.05) is 20.1 Å². The van der Waals surface area contributed by atoms with Crippen molar-refractivity contribution in [3.05, 3.63) is 53.1 Å². The van der Waals surface area contributed by atoms with Gasteiger partial charge in [0.05, 0.1) is 0 Å². The van der Waals surface area contributed by atoms with Gasteiger partial charge >= 0.3 is 0 Å². The SMILES string of the molecule is CN1CCC2=C(CC(c3ccccc3)=C2)C1. The van der Waals surface area contributed by atoms with Gasteiger partial charge in [0, 0.05) is 13.1 Å². The van der Waals surface area contributed by atoms with Crippen molar-refractivity contribution in [3.8, 4) is 0 Å².